The molecule has 0 amide bonds. The average molecular weight is 319 g/mol. The normalized spacial score (nSPS) is 10.9. The largest absolute Gasteiger partial charge is 0.465 e. The number of hydrogen-bond acceptors (Lipinski definition) is 6. The van der Waals surface area contributed by atoms with Crippen LogP contribution in [-0.4, -0.2) is 23.0 Å². The highest BCUT2D eigenvalue weighted by molar-refractivity contribution is 6.11. The molecule has 24 heavy (non-hydrogen) atoms. The third-order valence-electron chi connectivity index (χ3n) is 3.73. The Bertz CT molecular complexity index is 1040. The number of furan rings is 1. The molecule has 0 bridgehead atoms. The number of methoxy groups -OCH3 is 1. The van der Waals surface area contributed by atoms with Crippen LogP contribution in [0.15, 0.2) is 59.3 Å². The van der Waals surface area contributed by atoms with Gasteiger partial charge in [-0.15, -0.1) is 0 Å². The lowest BCUT2D eigenvalue weighted by Crippen LogP contribution is -2.00. The van der Waals surface area contributed by atoms with Crippen LogP contribution in [0.4, 0.5) is 11.5 Å². The summed E-state index contributed by atoms with van der Waals surface area (Å²) in [5.74, 6) is 0.215. The van der Waals surface area contributed by atoms with Gasteiger partial charge < -0.3 is 14.5 Å². The van der Waals surface area contributed by atoms with Crippen molar-refractivity contribution < 1.29 is 13.9 Å². The van der Waals surface area contributed by atoms with E-state index in [2.05, 4.69) is 15.3 Å². The minimum absolute atomic E-state index is 0.402. The number of aromatic nitrogens is 2. The maximum Gasteiger partial charge on any atom is 0.337 e. The van der Waals surface area contributed by atoms with E-state index in [-0.39, 0.29) is 0 Å². The molecule has 0 atom stereocenters. The third kappa shape index (κ3) is 2.34. The molecular formula is C18H13N3O3. The van der Waals surface area contributed by atoms with Crippen LogP contribution in [-0.2, 0) is 4.74 Å². The molecule has 0 saturated heterocycles. The van der Waals surface area contributed by atoms with Crippen molar-refractivity contribution in [1.29, 1.82) is 0 Å². The van der Waals surface area contributed by atoms with Gasteiger partial charge in [-0.1, -0.05) is 18.2 Å². The first-order valence-corrected chi connectivity index (χ1v) is 7.34. The summed E-state index contributed by atoms with van der Waals surface area (Å²) in [6, 6.07) is 14.8. The van der Waals surface area contributed by atoms with Gasteiger partial charge in [-0.05, 0) is 30.3 Å². The Balaban J connectivity index is 1.92. The summed E-state index contributed by atoms with van der Waals surface area (Å²) >= 11 is 0. The molecule has 6 heteroatoms. The van der Waals surface area contributed by atoms with Gasteiger partial charge in [-0.3, -0.25) is 0 Å². The van der Waals surface area contributed by atoms with Crippen LogP contribution >= 0.6 is 0 Å². The summed E-state index contributed by atoms with van der Waals surface area (Å²) in [4.78, 5) is 20.3. The molecule has 6 nitrogen and oxygen atoms in total. The van der Waals surface area contributed by atoms with E-state index in [0.29, 0.717) is 22.7 Å². The fourth-order valence-corrected chi connectivity index (χ4v) is 2.61. The SMILES string of the molecule is COC(=O)c1ccc2oc3ncnc(Nc4ccccc4)c3c2c1. The van der Waals surface area contributed by atoms with Gasteiger partial charge in [-0.25, -0.2) is 14.8 Å². The van der Waals surface area contributed by atoms with Gasteiger partial charge >= 0.3 is 5.97 Å². The van der Waals surface area contributed by atoms with Crippen molar-refractivity contribution in [3.05, 3.63) is 60.4 Å². The predicted octanol–water partition coefficient (Wildman–Crippen LogP) is 3.91. The van der Waals surface area contributed by atoms with Crippen LogP contribution in [0.1, 0.15) is 10.4 Å². The van der Waals surface area contributed by atoms with E-state index >= 15 is 0 Å². The van der Waals surface area contributed by atoms with E-state index in [1.807, 2.05) is 30.3 Å². The first-order chi connectivity index (χ1) is 11.8. The molecular weight excluding hydrogens is 306 g/mol. The van der Waals surface area contributed by atoms with Gasteiger partial charge in [0.2, 0.25) is 5.71 Å². The summed E-state index contributed by atoms with van der Waals surface area (Å²) in [7, 11) is 1.35. The van der Waals surface area contributed by atoms with Gasteiger partial charge in [-0.2, -0.15) is 0 Å². The minimum Gasteiger partial charge on any atom is -0.465 e. The van der Waals surface area contributed by atoms with Gasteiger partial charge in [0.25, 0.3) is 0 Å². The molecule has 2 aromatic heterocycles. The number of esters is 1. The predicted molar refractivity (Wildman–Crippen MR) is 90.4 cm³/mol. The smallest absolute Gasteiger partial charge is 0.337 e. The lowest BCUT2D eigenvalue weighted by Gasteiger charge is -2.06. The second-order valence-corrected chi connectivity index (χ2v) is 5.20. The number of rotatable bonds is 3. The molecule has 0 radical (unpaired) electrons. The van der Waals surface area contributed by atoms with Crippen molar-refractivity contribution >= 4 is 39.5 Å². The first kappa shape index (κ1) is 14.2. The fraction of sp³-hybridized carbons (Fsp3) is 0.0556. The fourth-order valence-electron chi connectivity index (χ4n) is 2.61. The van der Waals surface area contributed by atoms with E-state index < -0.39 is 5.97 Å². The molecule has 2 heterocycles. The maximum absolute atomic E-state index is 11.8. The number of benzene rings is 2. The molecule has 1 N–H and O–H groups in total. The van der Waals surface area contributed by atoms with Crippen LogP contribution in [0, 0.1) is 0 Å². The molecule has 4 aromatic rings. The van der Waals surface area contributed by atoms with Crippen LogP contribution in [0.3, 0.4) is 0 Å². The topological polar surface area (TPSA) is 77.2 Å². The number of carbonyl (C=O) groups excluding carboxylic acids is 1. The van der Waals surface area contributed by atoms with E-state index in [1.165, 1.54) is 13.4 Å². The highest BCUT2D eigenvalue weighted by Crippen LogP contribution is 2.33. The Hall–Kier alpha value is -3.41. The number of para-hydroxylation sites is 1. The van der Waals surface area contributed by atoms with Crippen molar-refractivity contribution in [3.63, 3.8) is 0 Å². The number of nitrogens with zero attached hydrogens (tertiary/aromatic N) is 2. The molecule has 0 aliphatic heterocycles. The number of ether oxygens (including phenoxy) is 1. The monoisotopic (exact) mass is 319 g/mol. The Kier molecular flexibility index (Phi) is 3.35. The molecule has 0 fully saturated rings. The Morgan fingerprint density at radius 3 is 2.75 bits per heavy atom. The summed E-state index contributed by atoms with van der Waals surface area (Å²) in [6.07, 6.45) is 1.44. The standard InChI is InChI=1S/C18H13N3O3/c1-23-18(22)11-7-8-14-13(9-11)15-16(19-10-20-17(15)24-14)21-12-5-3-2-4-6-12/h2-10H,1H3,(H,19,20,21). The second kappa shape index (κ2) is 5.66. The Morgan fingerprint density at radius 1 is 1.12 bits per heavy atom. The van der Waals surface area contributed by atoms with Crippen molar-refractivity contribution in [2.45, 2.75) is 0 Å². The lowest BCUT2D eigenvalue weighted by atomic mass is 10.1. The molecule has 0 aliphatic carbocycles. The van der Waals surface area contributed by atoms with Crippen molar-refractivity contribution in [3.8, 4) is 0 Å². The highest BCUT2D eigenvalue weighted by Gasteiger charge is 2.16. The molecule has 4 rings (SSSR count). The third-order valence-corrected chi connectivity index (χ3v) is 3.73. The zero-order valence-corrected chi connectivity index (χ0v) is 12.8. The van der Waals surface area contributed by atoms with Gasteiger partial charge in [0, 0.05) is 11.1 Å². The molecule has 0 aliphatic rings. The highest BCUT2D eigenvalue weighted by atomic mass is 16.5. The summed E-state index contributed by atoms with van der Waals surface area (Å²) in [5, 5.41) is 4.74. The maximum atomic E-state index is 11.8. The van der Waals surface area contributed by atoms with Crippen LogP contribution in [0.5, 0.6) is 0 Å². The second-order valence-electron chi connectivity index (χ2n) is 5.20. The average Bonchev–Trinajstić information content (AvgIpc) is 3.00. The number of anilines is 2. The van der Waals surface area contributed by atoms with E-state index in [9.17, 15) is 4.79 Å². The number of hydrogen-bond donors (Lipinski definition) is 1. The molecule has 0 spiro atoms. The molecule has 0 unspecified atom stereocenters. The van der Waals surface area contributed by atoms with Crippen LogP contribution in [0.2, 0.25) is 0 Å². The van der Waals surface area contributed by atoms with Crippen molar-refractivity contribution in [2.75, 3.05) is 12.4 Å². The Morgan fingerprint density at radius 2 is 1.96 bits per heavy atom. The number of nitrogens with one attached hydrogen (secondary N) is 1. The molecule has 0 saturated carbocycles. The van der Waals surface area contributed by atoms with Crippen molar-refractivity contribution in [2.24, 2.45) is 0 Å². The minimum atomic E-state index is -0.402. The first-order valence-electron chi connectivity index (χ1n) is 7.34. The zero-order chi connectivity index (χ0) is 16.5. The van der Waals surface area contributed by atoms with E-state index in [1.54, 1.807) is 18.2 Å². The summed E-state index contributed by atoms with van der Waals surface area (Å²) < 4.78 is 10.5. The molecule has 2 aromatic carbocycles. The molecule has 118 valence electrons. The Labute approximate surface area is 137 Å². The quantitative estimate of drug-likeness (QED) is 0.577. The number of carbonyl (C=O) groups is 1. The van der Waals surface area contributed by atoms with E-state index in [0.717, 1.165) is 16.5 Å². The van der Waals surface area contributed by atoms with Crippen LogP contribution in [0.25, 0.3) is 22.1 Å². The lowest BCUT2D eigenvalue weighted by molar-refractivity contribution is 0.0601. The van der Waals surface area contributed by atoms with Gasteiger partial charge in [0.15, 0.2) is 0 Å². The number of fused-ring (bicyclic) bond motifs is 3. The van der Waals surface area contributed by atoms with Crippen LogP contribution < -0.4 is 5.32 Å². The summed E-state index contributed by atoms with van der Waals surface area (Å²) in [5.41, 5.74) is 2.44. The van der Waals surface area contributed by atoms with Crippen molar-refractivity contribution in [1.82, 2.24) is 9.97 Å². The van der Waals surface area contributed by atoms with E-state index in [4.69, 9.17) is 9.15 Å². The van der Waals surface area contributed by atoms with Gasteiger partial charge in [0.1, 0.15) is 17.7 Å². The van der Waals surface area contributed by atoms with Gasteiger partial charge in [0.05, 0.1) is 18.1 Å². The zero-order valence-electron chi connectivity index (χ0n) is 12.8. The summed E-state index contributed by atoms with van der Waals surface area (Å²) in [6.45, 7) is 0.